The molecule has 46 heavy (non-hydrogen) atoms. The van der Waals surface area contributed by atoms with Crippen LogP contribution in [0.5, 0.6) is 0 Å². The van der Waals surface area contributed by atoms with Gasteiger partial charge in [0.1, 0.15) is 12.6 Å². The minimum atomic E-state index is -4.16. The number of benzene rings is 4. The van der Waals surface area contributed by atoms with Crippen molar-refractivity contribution in [3.8, 4) is 0 Å². The highest BCUT2D eigenvalue weighted by Gasteiger charge is 2.35. The van der Waals surface area contributed by atoms with Gasteiger partial charge in [0.25, 0.3) is 10.0 Å². The normalized spacial score (nSPS) is 12.7. The molecule has 7 nitrogen and oxygen atoms in total. The van der Waals surface area contributed by atoms with Gasteiger partial charge in [-0.15, -0.1) is 0 Å². The number of nitrogens with zero attached hydrogens (tertiary/aromatic N) is 2. The molecule has 0 aliphatic heterocycles. The summed E-state index contributed by atoms with van der Waals surface area (Å²) in [7, 11) is -4.16. The summed E-state index contributed by atoms with van der Waals surface area (Å²) in [4.78, 5) is 30.2. The summed E-state index contributed by atoms with van der Waals surface area (Å²) in [6, 6.07) is 28.2. The summed E-state index contributed by atoms with van der Waals surface area (Å²) >= 11 is 3.52. The van der Waals surface area contributed by atoms with Gasteiger partial charge in [-0.1, -0.05) is 101 Å². The van der Waals surface area contributed by atoms with E-state index in [1.165, 1.54) is 9.21 Å². The van der Waals surface area contributed by atoms with Crippen molar-refractivity contribution in [2.24, 2.45) is 0 Å². The van der Waals surface area contributed by atoms with Crippen molar-refractivity contribution in [2.75, 3.05) is 10.8 Å². The Morgan fingerprint density at radius 1 is 0.826 bits per heavy atom. The lowest BCUT2D eigenvalue weighted by Crippen LogP contribution is -2.54. The maximum absolute atomic E-state index is 14.6. The average molecular weight is 705 g/mol. The van der Waals surface area contributed by atoms with Crippen LogP contribution >= 0.6 is 15.9 Å². The van der Waals surface area contributed by atoms with Crippen LogP contribution in [0.4, 0.5) is 5.69 Å². The van der Waals surface area contributed by atoms with Crippen molar-refractivity contribution >= 4 is 43.5 Å². The lowest BCUT2D eigenvalue weighted by molar-refractivity contribution is -0.140. The zero-order chi connectivity index (χ0) is 33.4. The number of amides is 2. The Morgan fingerprint density at radius 3 is 2.11 bits per heavy atom. The third-order valence-electron chi connectivity index (χ3n) is 8.02. The summed E-state index contributed by atoms with van der Waals surface area (Å²) in [5.74, 6) is -0.781. The van der Waals surface area contributed by atoms with Crippen molar-refractivity contribution in [3.05, 3.63) is 129 Å². The van der Waals surface area contributed by atoms with Crippen molar-refractivity contribution in [1.29, 1.82) is 0 Å². The van der Waals surface area contributed by atoms with Crippen molar-refractivity contribution in [2.45, 2.75) is 71.0 Å². The number of aryl methyl sites for hydroxylation is 3. The maximum atomic E-state index is 14.6. The van der Waals surface area contributed by atoms with Gasteiger partial charge in [-0.25, -0.2) is 8.42 Å². The van der Waals surface area contributed by atoms with E-state index in [0.717, 1.165) is 38.7 Å². The highest BCUT2D eigenvalue weighted by Crippen LogP contribution is 2.29. The molecule has 0 unspecified atom stereocenters. The van der Waals surface area contributed by atoms with E-state index in [0.29, 0.717) is 5.69 Å². The molecular weight excluding hydrogens is 662 g/mol. The Hall–Kier alpha value is -3.95. The van der Waals surface area contributed by atoms with E-state index in [1.807, 2.05) is 101 Å². The van der Waals surface area contributed by atoms with Gasteiger partial charge in [-0.2, -0.15) is 0 Å². The molecular formula is C37H42BrN3O4S. The molecule has 0 aromatic heterocycles. The standard InChI is InChI=1S/C37H42BrN3O4S/c1-6-29(5)39-37(43)35(23-30-11-8-7-9-12-30)40(24-31-13-10-14-32(38)22-31)36(42)25-41(34-20-17-27(3)21-28(34)4)46(44,45)33-18-15-26(2)16-19-33/h7-22,29,35H,6,23-25H2,1-5H3,(H,39,43)/t29-,35+/m1/s1. The first kappa shape index (κ1) is 34.9. The number of rotatable bonds is 13. The monoisotopic (exact) mass is 703 g/mol. The largest absolute Gasteiger partial charge is 0.352 e. The van der Waals surface area contributed by atoms with Crippen LogP contribution in [0.15, 0.2) is 106 Å². The molecule has 2 atom stereocenters. The van der Waals surface area contributed by atoms with Crippen LogP contribution in [-0.2, 0) is 32.6 Å². The lowest BCUT2D eigenvalue weighted by atomic mass is 10.0. The van der Waals surface area contributed by atoms with Gasteiger partial charge >= 0.3 is 0 Å². The third kappa shape index (κ3) is 8.85. The average Bonchev–Trinajstić information content (AvgIpc) is 3.02. The molecule has 0 aliphatic rings. The minimum Gasteiger partial charge on any atom is -0.352 e. The molecule has 4 rings (SSSR count). The maximum Gasteiger partial charge on any atom is 0.264 e. The first-order valence-corrected chi connectivity index (χ1v) is 17.7. The second-order valence-corrected chi connectivity index (χ2v) is 14.6. The molecule has 2 amide bonds. The fourth-order valence-electron chi connectivity index (χ4n) is 5.26. The van der Waals surface area contributed by atoms with Gasteiger partial charge in [-0.3, -0.25) is 13.9 Å². The Balaban J connectivity index is 1.83. The molecule has 0 fully saturated rings. The van der Waals surface area contributed by atoms with E-state index in [4.69, 9.17) is 0 Å². The Bertz CT molecular complexity index is 1760. The van der Waals surface area contributed by atoms with Gasteiger partial charge in [-0.05, 0) is 81.1 Å². The van der Waals surface area contributed by atoms with Gasteiger partial charge in [0.15, 0.2) is 0 Å². The number of hydrogen-bond donors (Lipinski definition) is 1. The predicted octanol–water partition coefficient (Wildman–Crippen LogP) is 7.12. The van der Waals surface area contributed by atoms with E-state index in [2.05, 4.69) is 21.2 Å². The lowest BCUT2D eigenvalue weighted by Gasteiger charge is -2.34. The summed E-state index contributed by atoms with van der Waals surface area (Å²) in [5, 5.41) is 3.07. The number of sulfonamides is 1. The number of carbonyl (C=O) groups excluding carboxylic acids is 2. The number of halogens is 1. The van der Waals surface area contributed by atoms with Gasteiger partial charge in [0.2, 0.25) is 11.8 Å². The second kappa shape index (κ2) is 15.6. The fraction of sp³-hybridized carbons (Fsp3) is 0.297. The Kier molecular flexibility index (Phi) is 11.8. The van der Waals surface area contributed by atoms with Gasteiger partial charge in [0.05, 0.1) is 10.6 Å². The Labute approximate surface area is 281 Å². The van der Waals surface area contributed by atoms with Crippen molar-refractivity contribution in [1.82, 2.24) is 10.2 Å². The predicted molar refractivity (Wildman–Crippen MR) is 188 cm³/mol. The molecule has 1 N–H and O–H groups in total. The van der Waals surface area contributed by atoms with E-state index in [1.54, 1.807) is 30.3 Å². The first-order valence-electron chi connectivity index (χ1n) is 15.4. The quantitative estimate of drug-likeness (QED) is 0.161. The number of hydrogen-bond acceptors (Lipinski definition) is 4. The summed E-state index contributed by atoms with van der Waals surface area (Å²) in [5.41, 5.74) is 4.71. The zero-order valence-electron chi connectivity index (χ0n) is 27.0. The third-order valence-corrected chi connectivity index (χ3v) is 10.3. The summed E-state index contributed by atoms with van der Waals surface area (Å²) < 4.78 is 30.6. The molecule has 242 valence electrons. The van der Waals surface area contributed by atoms with E-state index in [-0.39, 0.29) is 29.8 Å². The minimum absolute atomic E-state index is 0.0831. The molecule has 0 saturated carbocycles. The Morgan fingerprint density at radius 2 is 1.48 bits per heavy atom. The molecule has 4 aromatic carbocycles. The second-order valence-electron chi connectivity index (χ2n) is 11.8. The first-order chi connectivity index (χ1) is 21.9. The zero-order valence-corrected chi connectivity index (χ0v) is 29.4. The van der Waals surface area contributed by atoms with Crippen LogP contribution in [0, 0.1) is 20.8 Å². The highest BCUT2D eigenvalue weighted by molar-refractivity contribution is 9.10. The van der Waals surface area contributed by atoms with Gasteiger partial charge < -0.3 is 10.2 Å². The van der Waals surface area contributed by atoms with Crippen LogP contribution in [0.25, 0.3) is 0 Å². The molecule has 0 heterocycles. The van der Waals surface area contributed by atoms with E-state index >= 15 is 0 Å². The molecule has 0 aliphatic carbocycles. The SMILES string of the molecule is CC[C@@H](C)NC(=O)[C@H](Cc1ccccc1)N(Cc1cccc(Br)c1)C(=O)CN(c1ccc(C)cc1C)S(=O)(=O)c1ccc(C)cc1. The molecule has 0 radical (unpaired) electrons. The molecule has 0 spiro atoms. The topological polar surface area (TPSA) is 86.8 Å². The van der Waals surface area contributed by atoms with Gasteiger partial charge in [0, 0.05) is 23.5 Å². The van der Waals surface area contributed by atoms with E-state index < -0.39 is 28.5 Å². The number of anilines is 1. The number of carbonyl (C=O) groups is 2. The summed E-state index contributed by atoms with van der Waals surface area (Å²) in [6.07, 6.45) is 0.982. The van der Waals surface area contributed by atoms with E-state index in [9.17, 15) is 18.0 Å². The highest BCUT2D eigenvalue weighted by atomic mass is 79.9. The van der Waals surface area contributed by atoms with Crippen molar-refractivity contribution in [3.63, 3.8) is 0 Å². The number of nitrogens with one attached hydrogen (secondary N) is 1. The summed E-state index contributed by atoms with van der Waals surface area (Å²) in [6.45, 7) is 9.18. The van der Waals surface area contributed by atoms with Crippen LogP contribution in [-0.4, -0.2) is 43.8 Å². The molecule has 9 heteroatoms. The molecule has 0 bridgehead atoms. The van der Waals surface area contributed by atoms with Crippen LogP contribution < -0.4 is 9.62 Å². The molecule has 0 saturated heterocycles. The van der Waals surface area contributed by atoms with Crippen LogP contribution in [0.3, 0.4) is 0 Å². The van der Waals surface area contributed by atoms with Crippen LogP contribution in [0.2, 0.25) is 0 Å². The van der Waals surface area contributed by atoms with Crippen molar-refractivity contribution < 1.29 is 18.0 Å². The fourth-order valence-corrected chi connectivity index (χ4v) is 7.19. The molecule has 4 aromatic rings. The smallest absolute Gasteiger partial charge is 0.264 e. The van der Waals surface area contributed by atoms with Crippen LogP contribution in [0.1, 0.15) is 48.1 Å².